The third kappa shape index (κ3) is 19.0. The highest BCUT2D eigenvalue weighted by atomic mass is 33.1. The lowest BCUT2D eigenvalue weighted by atomic mass is 10.0. The minimum Gasteiger partial charge on any atom is -0.354 e. The number of benzene rings is 2. The molecule has 474 valence electrons. The largest absolute Gasteiger partial charge is 0.354 e. The zero-order valence-corrected chi connectivity index (χ0v) is 51.3. The lowest BCUT2D eigenvalue weighted by molar-refractivity contribution is -0.132. The third-order valence-corrected chi connectivity index (χ3v) is 16.8. The number of carbonyl (C=O) groups excluding carboxylic acids is 8. The number of H-pyrrole nitrogens is 4. The van der Waals surface area contributed by atoms with Crippen molar-refractivity contribution in [1.29, 1.82) is 0 Å². The number of hydrogen-bond acceptors (Lipinski definition) is 18. The van der Waals surface area contributed by atoms with Gasteiger partial charge in [-0.15, -0.1) is 0 Å². The van der Waals surface area contributed by atoms with Crippen LogP contribution in [0.1, 0.15) is 81.6 Å². The van der Waals surface area contributed by atoms with E-state index in [-0.39, 0.29) is 74.5 Å². The zero-order chi connectivity index (χ0) is 63.8. The van der Waals surface area contributed by atoms with Crippen LogP contribution >= 0.6 is 21.6 Å². The number of nitrogens with zero attached hydrogens (tertiary/aromatic N) is 6. The van der Waals surface area contributed by atoms with E-state index in [2.05, 4.69) is 82.4 Å². The summed E-state index contributed by atoms with van der Waals surface area (Å²) in [5.74, 6) is -5.37. The summed E-state index contributed by atoms with van der Waals surface area (Å²) < 4.78 is 0. The van der Waals surface area contributed by atoms with Crippen molar-refractivity contribution < 1.29 is 38.4 Å². The topological polar surface area (TPSA) is 425 Å². The summed E-state index contributed by atoms with van der Waals surface area (Å²) in [5.41, 5.74) is 16.5. The maximum atomic E-state index is 14.6. The average Bonchev–Trinajstić information content (AvgIpc) is 1.35. The van der Waals surface area contributed by atoms with Crippen LogP contribution in [-0.4, -0.2) is 171 Å². The molecule has 16 N–H and O–H groups in total. The van der Waals surface area contributed by atoms with Crippen LogP contribution in [0.15, 0.2) is 111 Å². The van der Waals surface area contributed by atoms with Crippen LogP contribution in [0, 0.1) is 0 Å². The number of nitrogens with one attached hydrogen (secondary N) is 12. The second-order valence-corrected chi connectivity index (χ2v) is 23.5. The number of aromatic amines is 4. The maximum absolute atomic E-state index is 14.6. The first-order chi connectivity index (χ1) is 43.7. The molecule has 0 saturated carbocycles. The van der Waals surface area contributed by atoms with Crippen LogP contribution in [-0.2, 0) is 67.3 Å². The van der Waals surface area contributed by atoms with Crippen molar-refractivity contribution >= 4 is 90.7 Å². The van der Waals surface area contributed by atoms with Crippen LogP contribution in [0.25, 0.3) is 21.8 Å². The number of imidazole rings is 4. The Balaban J connectivity index is 0.977. The van der Waals surface area contributed by atoms with E-state index in [1.54, 1.807) is 12.1 Å². The number of nitrogens with two attached hydrogens (primary N) is 2. The smallest absolute Gasteiger partial charge is 0.253 e. The van der Waals surface area contributed by atoms with E-state index >= 15 is 0 Å². The Morgan fingerprint density at radius 2 is 0.767 bits per heavy atom. The number of para-hydroxylation sites is 2. The van der Waals surface area contributed by atoms with Gasteiger partial charge in [0, 0.05) is 109 Å². The fraction of sp³-hybridized carbons (Fsp3) is 0.367. The highest BCUT2D eigenvalue weighted by Gasteiger charge is 2.34. The molecule has 6 heterocycles. The molecule has 2 aromatic carbocycles. The minimum atomic E-state index is -1.33. The molecule has 6 aromatic heterocycles. The highest BCUT2D eigenvalue weighted by Crippen LogP contribution is 2.24. The molecule has 8 rings (SSSR count). The number of pyridine rings is 2. The van der Waals surface area contributed by atoms with E-state index in [0.29, 0.717) is 70.9 Å². The molecule has 6 atom stereocenters. The molecule has 0 saturated heterocycles. The molecular weight excluding hydrogens is 1190 g/mol. The van der Waals surface area contributed by atoms with Crippen molar-refractivity contribution in [3.05, 3.63) is 156 Å². The van der Waals surface area contributed by atoms with Crippen LogP contribution in [0.4, 0.5) is 0 Å². The fourth-order valence-electron chi connectivity index (χ4n) is 9.58. The quantitative estimate of drug-likeness (QED) is 0.0194. The van der Waals surface area contributed by atoms with Gasteiger partial charge >= 0.3 is 0 Å². The molecule has 0 unspecified atom stereocenters. The number of amides is 8. The van der Waals surface area contributed by atoms with E-state index in [4.69, 9.17) is 21.4 Å². The second kappa shape index (κ2) is 33.7. The second-order valence-electron chi connectivity index (χ2n) is 20.9. The van der Waals surface area contributed by atoms with Crippen molar-refractivity contribution in [1.82, 2.24) is 92.4 Å². The molecule has 28 nitrogen and oxygen atoms in total. The van der Waals surface area contributed by atoms with Crippen LogP contribution in [0.2, 0.25) is 0 Å². The van der Waals surface area contributed by atoms with E-state index in [9.17, 15) is 38.4 Å². The number of rotatable bonds is 35. The van der Waals surface area contributed by atoms with Gasteiger partial charge in [0.25, 0.3) is 11.8 Å². The first-order valence-corrected chi connectivity index (χ1v) is 31.9. The van der Waals surface area contributed by atoms with E-state index < -0.39 is 83.5 Å². The van der Waals surface area contributed by atoms with Gasteiger partial charge in [0.05, 0.1) is 58.9 Å². The summed E-state index contributed by atoms with van der Waals surface area (Å²) >= 11 is 0. The number of fused-ring (bicyclic) bond motifs is 2. The minimum absolute atomic E-state index is 0.0390. The summed E-state index contributed by atoms with van der Waals surface area (Å²) in [6.07, 6.45) is 13.1. The van der Waals surface area contributed by atoms with Crippen molar-refractivity contribution in [2.45, 2.75) is 101 Å². The standard InChI is InChI=1S/C60H74N20O8S2/c1-3-43-41(19-35-11-5-7-13-45(35)73-43)53(81)75-47(21-37-25-63-31-69-37)57(85)77-49(23-39-27-65-33-71-39)59(87)79-51(55(83)67-17-9-15-61)29-89-90-30-52(56(84)68-18-10-16-62)80-60(88)50(24-40-28-66-34-72-40)78-58(86)48(22-38-26-64-32-70-38)76-54(82)42-20-36-12-6-8-14-46(36)74-44(42)4-2/h5-8,11-14,19-20,25-28,31-34,47-52H,3-4,9-10,15-18,21-24,29-30,61-62H2,1-2H3,(H,63,69)(H,64,70)(H,65,71)(H,66,72)(H,67,83)(H,68,84)(H,75,81)(H,76,82)(H,77,85)(H,78,86)(H,79,87)(H,80,88)/t47-,48-,49-,50-,51-,52-/m0/s1. The average molecular weight is 1270 g/mol. The SMILES string of the molecule is CCc1nc2ccccc2cc1C(=O)N[C@@H](Cc1cnc[nH]1)C(=O)N[C@@H](Cc1cnc[nH]1)C(=O)N[C@@H](CSSC[C@H](NC(=O)[C@H](Cc1cnc[nH]1)NC(=O)[C@H](Cc1cnc[nH]1)NC(=O)c1cc2ccccc2nc1CC)C(=O)NCCCN)C(=O)NCCCN. The van der Waals surface area contributed by atoms with Gasteiger partial charge < -0.3 is 73.9 Å². The highest BCUT2D eigenvalue weighted by molar-refractivity contribution is 8.76. The molecule has 90 heavy (non-hydrogen) atoms. The van der Waals surface area contributed by atoms with Gasteiger partial charge in [0.1, 0.15) is 36.3 Å². The number of aromatic nitrogens is 10. The molecule has 0 radical (unpaired) electrons. The van der Waals surface area contributed by atoms with Gasteiger partial charge in [-0.05, 0) is 63.0 Å². The summed E-state index contributed by atoms with van der Waals surface area (Å²) in [6.45, 7) is 4.65. The predicted octanol–water partition coefficient (Wildman–Crippen LogP) is 0.919. The molecular formula is C60H74N20O8S2. The van der Waals surface area contributed by atoms with E-state index in [1.807, 2.05) is 62.4 Å². The Labute approximate surface area is 525 Å². The van der Waals surface area contributed by atoms with Gasteiger partial charge in [0.15, 0.2) is 0 Å². The molecule has 0 fully saturated rings. The Hall–Kier alpha value is -9.52. The van der Waals surface area contributed by atoms with Gasteiger partial charge in [-0.3, -0.25) is 48.3 Å². The maximum Gasteiger partial charge on any atom is 0.253 e. The first kappa shape index (κ1) is 66.4. The normalized spacial score (nSPS) is 13.2. The Morgan fingerprint density at radius 1 is 0.444 bits per heavy atom. The van der Waals surface area contributed by atoms with Crippen LogP contribution in [0.3, 0.4) is 0 Å². The van der Waals surface area contributed by atoms with Gasteiger partial charge in [-0.1, -0.05) is 71.8 Å². The molecule has 30 heteroatoms. The van der Waals surface area contributed by atoms with Crippen molar-refractivity contribution in [3.8, 4) is 0 Å². The molecule has 0 spiro atoms. The van der Waals surface area contributed by atoms with E-state index in [1.165, 1.54) is 50.1 Å². The Morgan fingerprint density at radius 3 is 1.08 bits per heavy atom. The summed E-state index contributed by atoms with van der Waals surface area (Å²) in [5, 5.41) is 24.0. The summed E-state index contributed by atoms with van der Waals surface area (Å²) in [4.78, 5) is 152. The number of carbonyl (C=O) groups is 8. The van der Waals surface area contributed by atoms with Gasteiger partial charge in [0.2, 0.25) is 35.4 Å². The molecule has 0 bridgehead atoms. The molecule has 8 aromatic rings. The molecule has 0 aliphatic carbocycles. The van der Waals surface area contributed by atoms with Crippen molar-refractivity contribution in [2.75, 3.05) is 37.7 Å². The third-order valence-electron chi connectivity index (χ3n) is 14.4. The number of hydrogen-bond donors (Lipinski definition) is 14. The fourth-order valence-corrected chi connectivity index (χ4v) is 11.9. The molecule has 8 amide bonds. The van der Waals surface area contributed by atoms with Gasteiger partial charge in [-0.25, -0.2) is 19.9 Å². The van der Waals surface area contributed by atoms with E-state index in [0.717, 1.165) is 32.4 Å². The summed E-state index contributed by atoms with van der Waals surface area (Å²) in [7, 11) is 2.23. The van der Waals surface area contributed by atoms with Crippen LogP contribution < -0.4 is 54.0 Å². The Bertz CT molecular complexity index is 3430. The lowest BCUT2D eigenvalue weighted by Gasteiger charge is -2.26. The van der Waals surface area contributed by atoms with Crippen molar-refractivity contribution in [3.63, 3.8) is 0 Å². The van der Waals surface area contributed by atoms with Crippen LogP contribution in [0.5, 0.6) is 0 Å². The zero-order valence-electron chi connectivity index (χ0n) is 49.7. The van der Waals surface area contributed by atoms with Gasteiger partial charge in [-0.2, -0.15) is 0 Å². The predicted molar refractivity (Wildman–Crippen MR) is 340 cm³/mol. The van der Waals surface area contributed by atoms with Crippen molar-refractivity contribution in [2.24, 2.45) is 11.5 Å². The molecule has 0 aliphatic rings. The first-order valence-electron chi connectivity index (χ1n) is 29.4. The summed E-state index contributed by atoms with van der Waals surface area (Å²) in [6, 6.07) is 10.6. The Kier molecular flexibility index (Phi) is 24.9. The number of aryl methyl sites for hydroxylation is 2. The lowest BCUT2D eigenvalue weighted by Crippen LogP contribution is -2.58. The molecule has 0 aliphatic heterocycles. The monoisotopic (exact) mass is 1270 g/mol.